The number of halogens is 1. The third kappa shape index (κ3) is 3.93. The lowest BCUT2D eigenvalue weighted by atomic mass is 9.98. The van der Waals surface area contributed by atoms with Crippen LogP contribution in [-0.4, -0.2) is 29.8 Å². The van der Waals surface area contributed by atoms with Gasteiger partial charge in [0, 0.05) is 17.8 Å². The highest BCUT2D eigenvalue weighted by molar-refractivity contribution is 5.80. The first-order chi connectivity index (χ1) is 15.2. The molecule has 0 bridgehead atoms. The Morgan fingerprint density at radius 3 is 2.32 bits per heavy atom. The van der Waals surface area contributed by atoms with Crippen LogP contribution >= 0.6 is 0 Å². The number of tetrazole rings is 1. The highest BCUT2D eigenvalue weighted by atomic mass is 19.1. The molecular weight excluding hydrogens is 395 g/mol. The van der Waals surface area contributed by atoms with E-state index in [9.17, 15) is 9.18 Å². The monoisotopic (exact) mass is 420 g/mol. The predicted octanol–water partition coefficient (Wildman–Crippen LogP) is 3.99. The fraction of sp³-hybridized carbons (Fsp3) is 0.304. The Morgan fingerprint density at radius 1 is 0.968 bits per heavy atom. The van der Waals surface area contributed by atoms with Crippen LogP contribution in [0, 0.1) is 0 Å². The molecule has 0 fully saturated rings. The molecule has 0 spiro atoms. The number of hydrogen-bond donors (Lipinski definition) is 1. The van der Waals surface area contributed by atoms with E-state index in [1.165, 1.54) is 0 Å². The zero-order valence-corrected chi connectivity index (χ0v) is 17.7. The first-order valence-corrected chi connectivity index (χ1v) is 10.5. The lowest BCUT2D eigenvalue weighted by Crippen LogP contribution is -2.25. The molecule has 4 rings (SSSR count). The molecule has 2 aromatic heterocycles. The minimum absolute atomic E-state index is 0.148. The van der Waals surface area contributed by atoms with Crippen molar-refractivity contribution in [2.24, 2.45) is 0 Å². The van der Waals surface area contributed by atoms with Gasteiger partial charge < -0.3 is 0 Å². The van der Waals surface area contributed by atoms with E-state index in [2.05, 4.69) is 20.6 Å². The molecule has 8 heteroatoms. The number of hydrogen-bond acceptors (Lipinski definition) is 4. The zero-order valence-electron chi connectivity index (χ0n) is 17.7. The van der Waals surface area contributed by atoms with E-state index in [1.54, 1.807) is 9.13 Å². The minimum atomic E-state index is -0.628. The Morgan fingerprint density at radius 2 is 1.71 bits per heavy atom. The first kappa shape index (κ1) is 20.7. The van der Waals surface area contributed by atoms with Crippen molar-refractivity contribution in [3.63, 3.8) is 0 Å². The van der Waals surface area contributed by atoms with Crippen molar-refractivity contribution in [3.8, 4) is 22.5 Å². The maximum Gasteiger partial charge on any atom is 0.328 e. The van der Waals surface area contributed by atoms with Gasteiger partial charge in [-0.3, -0.25) is 9.13 Å². The molecule has 0 amide bonds. The molecule has 2 heterocycles. The van der Waals surface area contributed by atoms with Crippen LogP contribution in [0.4, 0.5) is 4.39 Å². The van der Waals surface area contributed by atoms with Crippen molar-refractivity contribution in [3.05, 3.63) is 76.0 Å². The zero-order chi connectivity index (χ0) is 21.8. The number of aromatic nitrogens is 6. The van der Waals surface area contributed by atoms with E-state index in [4.69, 9.17) is 0 Å². The van der Waals surface area contributed by atoms with E-state index in [-0.39, 0.29) is 5.69 Å². The SMILES string of the molecule is CCCc1c(CF)n(CC)c(=O)n1Cc1ccc(-c2ccccc2-c2nn[nH]n2)cc1. The van der Waals surface area contributed by atoms with Gasteiger partial charge in [-0.25, -0.2) is 9.18 Å². The van der Waals surface area contributed by atoms with E-state index >= 15 is 0 Å². The molecule has 7 nitrogen and oxygen atoms in total. The molecule has 0 unspecified atom stereocenters. The van der Waals surface area contributed by atoms with Crippen molar-refractivity contribution in [2.45, 2.75) is 46.5 Å². The largest absolute Gasteiger partial charge is 0.328 e. The highest BCUT2D eigenvalue weighted by Crippen LogP contribution is 2.29. The van der Waals surface area contributed by atoms with Gasteiger partial charge in [-0.2, -0.15) is 5.21 Å². The van der Waals surface area contributed by atoms with Gasteiger partial charge in [0.25, 0.3) is 0 Å². The van der Waals surface area contributed by atoms with Crippen LogP contribution in [0.3, 0.4) is 0 Å². The summed E-state index contributed by atoms with van der Waals surface area (Å²) in [5.41, 5.74) is 5.03. The van der Waals surface area contributed by atoms with Crippen LogP contribution in [0.5, 0.6) is 0 Å². The summed E-state index contributed by atoms with van der Waals surface area (Å²) in [5, 5.41) is 14.3. The summed E-state index contributed by atoms with van der Waals surface area (Å²) >= 11 is 0. The van der Waals surface area contributed by atoms with Gasteiger partial charge in [0.15, 0.2) is 0 Å². The second-order valence-electron chi connectivity index (χ2n) is 7.37. The molecule has 160 valence electrons. The van der Waals surface area contributed by atoms with Crippen LogP contribution in [0.15, 0.2) is 53.3 Å². The number of benzene rings is 2. The highest BCUT2D eigenvalue weighted by Gasteiger charge is 2.18. The Balaban J connectivity index is 1.67. The summed E-state index contributed by atoms with van der Waals surface area (Å²) in [5.74, 6) is 0.537. The number of nitrogens with one attached hydrogen (secondary N) is 1. The number of nitrogens with zero attached hydrogens (tertiary/aromatic N) is 5. The molecule has 0 saturated heterocycles. The Kier molecular flexibility index (Phi) is 6.06. The fourth-order valence-electron chi connectivity index (χ4n) is 4.02. The maximum absolute atomic E-state index is 13.7. The molecule has 1 N–H and O–H groups in total. The number of rotatable bonds is 8. The normalized spacial score (nSPS) is 11.2. The van der Waals surface area contributed by atoms with Crippen LogP contribution in [0.25, 0.3) is 22.5 Å². The van der Waals surface area contributed by atoms with Gasteiger partial charge >= 0.3 is 5.69 Å². The van der Waals surface area contributed by atoms with Gasteiger partial charge in [-0.1, -0.05) is 61.9 Å². The van der Waals surface area contributed by atoms with Gasteiger partial charge in [-0.15, -0.1) is 10.2 Å². The van der Waals surface area contributed by atoms with Crippen LogP contribution in [-0.2, 0) is 26.2 Å². The second-order valence-corrected chi connectivity index (χ2v) is 7.37. The molecule has 0 aliphatic carbocycles. The van der Waals surface area contributed by atoms with Gasteiger partial charge in [-0.05, 0) is 35.2 Å². The number of imidazole rings is 1. The summed E-state index contributed by atoms with van der Waals surface area (Å²) < 4.78 is 16.9. The Hall–Kier alpha value is -3.55. The third-order valence-electron chi connectivity index (χ3n) is 5.50. The van der Waals surface area contributed by atoms with E-state index < -0.39 is 6.67 Å². The molecule has 31 heavy (non-hydrogen) atoms. The first-order valence-electron chi connectivity index (χ1n) is 10.5. The van der Waals surface area contributed by atoms with E-state index in [1.807, 2.05) is 62.4 Å². The molecule has 0 saturated carbocycles. The minimum Gasteiger partial charge on any atom is -0.294 e. The number of alkyl halides is 1. The summed E-state index contributed by atoms with van der Waals surface area (Å²) in [4.78, 5) is 12.9. The fourth-order valence-corrected chi connectivity index (χ4v) is 4.02. The van der Waals surface area contributed by atoms with E-state index in [0.29, 0.717) is 31.0 Å². The van der Waals surface area contributed by atoms with Crippen molar-refractivity contribution in [1.29, 1.82) is 0 Å². The standard InChI is InChI=1S/C23H25FN6O/c1-3-7-20-21(14-24)29(4-2)23(31)30(20)15-16-10-12-17(13-11-16)18-8-5-6-9-19(18)22-25-27-28-26-22/h5-6,8-13H,3-4,7,14-15H2,1-2H3,(H,25,26,27,28). The van der Waals surface area contributed by atoms with Gasteiger partial charge in [0.2, 0.25) is 5.82 Å². The summed E-state index contributed by atoms with van der Waals surface area (Å²) in [6.45, 7) is 4.17. The van der Waals surface area contributed by atoms with Crippen LogP contribution in [0.1, 0.15) is 37.2 Å². The summed E-state index contributed by atoms with van der Waals surface area (Å²) in [6.07, 6.45) is 1.53. The Bertz CT molecular complexity index is 1210. The molecule has 0 aliphatic heterocycles. The lowest BCUT2D eigenvalue weighted by molar-refractivity contribution is 0.454. The Labute approximate surface area is 179 Å². The molecule has 2 aromatic carbocycles. The van der Waals surface area contributed by atoms with Crippen molar-refractivity contribution >= 4 is 0 Å². The molecular formula is C23H25FN6O. The average molecular weight is 420 g/mol. The smallest absolute Gasteiger partial charge is 0.294 e. The third-order valence-corrected chi connectivity index (χ3v) is 5.50. The summed E-state index contributed by atoms with van der Waals surface area (Å²) in [7, 11) is 0. The van der Waals surface area contributed by atoms with Crippen LogP contribution in [0.2, 0.25) is 0 Å². The second kappa shape index (κ2) is 9.07. The predicted molar refractivity (Wildman–Crippen MR) is 117 cm³/mol. The number of H-pyrrole nitrogens is 1. The topological polar surface area (TPSA) is 81.4 Å². The summed E-state index contributed by atoms with van der Waals surface area (Å²) in [6, 6.07) is 15.9. The maximum atomic E-state index is 13.7. The van der Waals surface area contributed by atoms with Crippen molar-refractivity contribution < 1.29 is 4.39 Å². The molecule has 0 atom stereocenters. The van der Waals surface area contributed by atoms with E-state index in [0.717, 1.165) is 34.4 Å². The van der Waals surface area contributed by atoms with Gasteiger partial charge in [0.1, 0.15) is 6.67 Å². The quantitative estimate of drug-likeness (QED) is 0.467. The number of aromatic amines is 1. The molecule has 4 aromatic rings. The van der Waals surface area contributed by atoms with Crippen LogP contribution < -0.4 is 5.69 Å². The molecule has 0 aliphatic rings. The average Bonchev–Trinajstić information content (AvgIpc) is 3.42. The van der Waals surface area contributed by atoms with Crippen molar-refractivity contribution in [1.82, 2.24) is 29.8 Å². The van der Waals surface area contributed by atoms with Gasteiger partial charge in [0.05, 0.1) is 12.2 Å². The van der Waals surface area contributed by atoms with Crippen molar-refractivity contribution in [2.75, 3.05) is 0 Å². The lowest BCUT2D eigenvalue weighted by Gasteiger charge is -2.10. The molecule has 0 radical (unpaired) electrons.